The number of hydrogen-bond donors (Lipinski definition) is 0. The molecule has 0 aromatic heterocycles. The van der Waals surface area contributed by atoms with Crippen molar-refractivity contribution >= 4 is 27.3 Å². The van der Waals surface area contributed by atoms with E-state index in [2.05, 4.69) is 0 Å². The summed E-state index contributed by atoms with van der Waals surface area (Å²) in [7, 11) is -2.58. The molecule has 0 aliphatic carbocycles. The maximum atomic E-state index is 12.7. The van der Waals surface area contributed by atoms with E-state index in [1.807, 2.05) is 6.07 Å². The zero-order valence-electron chi connectivity index (χ0n) is 13.7. The molecule has 2 aromatic carbocycles. The lowest BCUT2D eigenvalue weighted by molar-refractivity contribution is -0.384. The SMILES string of the molecule is CN(C[C@@H]1COc2ccccc2O1)S(=O)(=O)c1ccc(Cl)c([N+](=O)[O-])c1. The van der Waals surface area contributed by atoms with Crippen LogP contribution in [0.4, 0.5) is 5.69 Å². The number of nitro benzene ring substituents is 1. The highest BCUT2D eigenvalue weighted by Gasteiger charge is 2.29. The number of rotatable bonds is 5. The third kappa shape index (κ3) is 3.59. The van der Waals surface area contributed by atoms with Crippen molar-refractivity contribution in [3.8, 4) is 11.5 Å². The van der Waals surface area contributed by atoms with E-state index in [0.717, 1.165) is 10.4 Å². The third-order valence-electron chi connectivity index (χ3n) is 3.85. The Bertz CT molecular complexity index is 950. The van der Waals surface area contributed by atoms with Crippen LogP contribution in [0, 0.1) is 10.1 Å². The summed E-state index contributed by atoms with van der Waals surface area (Å²) in [6.45, 7) is 0.213. The van der Waals surface area contributed by atoms with E-state index in [1.54, 1.807) is 18.2 Å². The van der Waals surface area contributed by atoms with Gasteiger partial charge in [0.25, 0.3) is 5.69 Å². The third-order valence-corrected chi connectivity index (χ3v) is 5.99. The summed E-state index contributed by atoms with van der Waals surface area (Å²) in [5.41, 5.74) is -0.465. The van der Waals surface area contributed by atoms with Crippen LogP contribution < -0.4 is 9.47 Å². The Morgan fingerprint density at radius 3 is 2.65 bits per heavy atom. The van der Waals surface area contributed by atoms with Crippen molar-refractivity contribution in [1.29, 1.82) is 0 Å². The number of sulfonamides is 1. The van der Waals surface area contributed by atoms with E-state index < -0.39 is 26.7 Å². The number of nitro groups is 1. The number of para-hydroxylation sites is 2. The predicted molar refractivity (Wildman–Crippen MR) is 94.3 cm³/mol. The van der Waals surface area contributed by atoms with E-state index in [1.165, 1.54) is 19.2 Å². The van der Waals surface area contributed by atoms with Gasteiger partial charge in [0, 0.05) is 13.1 Å². The first kappa shape index (κ1) is 18.4. The monoisotopic (exact) mass is 398 g/mol. The van der Waals surface area contributed by atoms with E-state index in [-0.39, 0.29) is 23.1 Å². The van der Waals surface area contributed by atoms with Gasteiger partial charge < -0.3 is 9.47 Å². The molecule has 1 aliphatic rings. The van der Waals surface area contributed by atoms with Crippen LogP contribution in [0.15, 0.2) is 47.4 Å². The molecule has 0 saturated carbocycles. The van der Waals surface area contributed by atoms with Gasteiger partial charge in [-0.3, -0.25) is 10.1 Å². The zero-order chi connectivity index (χ0) is 18.9. The maximum absolute atomic E-state index is 12.7. The summed E-state index contributed by atoms with van der Waals surface area (Å²) in [5, 5.41) is 10.9. The number of ether oxygens (including phenoxy) is 2. The van der Waals surface area contributed by atoms with Gasteiger partial charge in [0.05, 0.1) is 16.4 Å². The molecule has 1 atom stereocenters. The van der Waals surface area contributed by atoms with Crippen molar-refractivity contribution in [2.75, 3.05) is 20.2 Å². The van der Waals surface area contributed by atoms with Gasteiger partial charge in [-0.1, -0.05) is 23.7 Å². The Morgan fingerprint density at radius 1 is 1.27 bits per heavy atom. The van der Waals surface area contributed by atoms with Crippen molar-refractivity contribution in [2.24, 2.45) is 0 Å². The average Bonchev–Trinajstić information content (AvgIpc) is 2.61. The van der Waals surface area contributed by atoms with Crippen LogP contribution in [0.5, 0.6) is 11.5 Å². The number of fused-ring (bicyclic) bond motifs is 1. The van der Waals surface area contributed by atoms with Crippen LogP contribution in [-0.2, 0) is 10.0 Å². The molecular formula is C16H15ClN2O6S. The highest BCUT2D eigenvalue weighted by molar-refractivity contribution is 7.89. The fourth-order valence-corrected chi connectivity index (χ4v) is 3.92. The summed E-state index contributed by atoms with van der Waals surface area (Å²) in [6.07, 6.45) is -0.507. The van der Waals surface area contributed by atoms with E-state index in [0.29, 0.717) is 11.5 Å². The molecule has 1 heterocycles. The number of hydrogen-bond acceptors (Lipinski definition) is 6. The molecule has 2 aromatic rings. The van der Waals surface area contributed by atoms with Crippen LogP contribution in [0.2, 0.25) is 5.02 Å². The molecule has 0 radical (unpaired) electrons. The first-order valence-corrected chi connectivity index (χ1v) is 9.39. The summed E-state index contributed by atoms with van der Waals surface area (Å²) < 4.78 is 37.8. The Labute approximate surface area is 155 Å². The molecule has 3 rings (SSSR count). The van der Waals surface area contributed by atoms with Gasteiger partial charge >= 0.3 is 0 Å². The van der Waals surface area contributed by atoms with Gasteiger partial charge in [0.2, 0.25) is 10.0 Å². The second-order valence-corrected chi connectivity index (χ2v) is 8.11. The lowest BCUT2D eigenvalue weighted by Crippen LogP contribution is -2.41. The minimum absolute atomic E-state index is 0.0209. The van der Waals surface area contributed by atoms with Crippen molar-refractivity contribution in [1.82, 2.24) is 4.31 Å². The molecule has 0 fully saturated rings. The molecule has 1 aliphatic heterocycles. The van der Waals surface area contributed by atoms with Crippen molar-refractivity contribution in [3.05, 3.63) is 57.6 Å². The van der Waals surface area contributed by atoms with Crippen LogP contribution in [-0.4, -0.2) is 43.9 Å². The molecule has 0 spiro atoms. The number of nitrogens with zero attached hydrogens (tertiary/aromatic N) is 2. The number of benzene rings is 2. The topological polar surface area (TPSA) is 99.0 Å². The van der Waals surface area contributed by atoms with Gasteiger partial charge in [-0.15, -0.1) is 0 Å². The van der Waals surface area contributed by atoms with E-state index >= 15 is 0 Å². The number of halogens is 1. The van der Waals surface area contributed by atoms with Gasteiger partial charge in [0.1, 0.15) is 17.7 Å². The normalized spacial score (nSPS) is 16.5. The van der Waals surface area contributed by atoms with Crippen molar-refractivity contribution < 1.29 is 22.8 Å². The average molecular weight is 399 g/mol. The second-order valence-electron chi connectivity index (χ2n) is 5.65. The van der Waals surface area contributed by atoms with Crippen LogP contribution in [0.25, 0.3) is 0 Å². The minimum Gasteiger partial charge on any atom is -0.486 e. The van der Waals surface area contributed by atoms with Crippen molar-refractivity contribution in [2.45, 2.75) is 11.0 Å². The lowest BCUT2D eigenvalue weighted by Gasteiger charge is -2.29. The quantitative estimate of drug-likeness (QED) is 0.567. The fourth-order valence-electron chi connectivity index (χ4n) is 2.51. The smallest absolute Gasteiger partial charge is 0.289 e. The first-order chi connectivity index (χ1) is 12.3. The summed E-state index contributed by atoms with van der Waals surface area (Å²) in [5.74, 6) is 1.14. The van der Waals surface area contributed by atoms with Gasteiger partial charge in [-0.05, 0) is 24.3 Å². The van der Waals surface area contributed by atoms with E-state index in [9.17, 15) is 18.5 Å². The minimum atomic E-state index is -3.95. The Balaban J connectivity index is 1.78. The molecule has 0 amide bonds. The van der Waals surface area contributed by atoms with Crippen LogP contribution in [0.3, 0.4) is 0 Å². The lowest BCUT2D eigenvalue weighted by atomic mass is 10.2. The van der Waals surface area contributed by atoms with Crippen LogP contribution in [0.1, 0.15) is 0 Å². The molecular weight excluding hydrogens is 384 g/mol. The summed E-state index contributed by atoms with van der Waals surface area (Å²) in [4.78, 5) is 10.0. The number of likely N-dealkylation sites (N-methyl/N-ethyl adjacent to an activating group) is 1. The summed E-state index contributed by atoms with van der Waals surface area (Å²) >= 11 is 5.74. The standard InChI is InChI=1S/C16H15ClN2O6S/c1-18(9-11-10-24-15-4-2-3-5-16(15)25-11)26(22,23)12-6-7-13(17)14(8-12)19(20)21/h2-8,11H,9-10H2,1H3/t11-/m1/s1. The molecule has 138 valence electrons. The van der Waals surface area contributed by atoms with Gasteiger partial charge in [-0.25, -0.2) is 8.42 Å². The van der Waals surface area contributed by atoms with E-state index in [4.69, 9.17) is 21.1 Å². The van der Waals surface area contributed by atoms with Gasteiger partial charge in [-0.2, -0.15) is 4.31 Å². The Hall–Kier alpha value is -2.36. The largest absolute Gasteiger partial charge is 0.486 e. The molecule has 8 nitrogen and oxygen atoms in total. The molecule has 0 N–H and O–H groups in total. The highest BCUT2D eigenvalue weighted by Crippen LogP contribution is 2.32. The Morgan fingerprint density at radius 2 is 1.96 bits per heavy atom. The molecule has 10 heteroatoms. The van der Waals surface area contributed by atoms with Crippen molar-refractivity contribution in [3.63, 3.8) is 0 Å². The zero-order valence-corrected chi connectivity index (χ0v) is 15.2. The second kappa shape index (κ2) is 7.10. The highest BCUT2D eigenvalue weighted by atomic mass is 35.5. The fraction of sp³-hybridized carbons (Fsp3) is 0.250. The molecule has 26 heavy (non-hydrogen) atoms. The maximum Gasteiger partial charge on any atom is 0.289 e. The van der Waals surface area contributed by atoms with Gasteiger partial charge in [0.15, 0.2) is 11.5 Å². The first-order valence-electron chi connectivity index (χ1n) is 7.58. The Kier molecular flexibility index (Phi) is 5.03. The van der Waals surface area contributed by atoms with Crippen LogP contribution >= 0.6 is 11.6 Å². The summed E-state index contributed by atoms with van der Waals surface area (Å²) in [6, 6.07) is 10.5. The molecule has 0 unspecified atom stereocenters. The molecule has 0 bridgehead atoms. The predicted octanol–water partition coefficient (Wildman–Crippen LogP) is 2.71. The molecule has 0 saturated heterocycles.